The van der Waals surface area contributed by atoms with Crippen LogP contribution < -0.4 is 0 Å². The fourth-order valence-corrected chi connectivity index (χ4v) is 3.56. The van der Waals surface area contributed by atoms with Crippen LogP contribution in [-0.2, 0) is 9.53 Å². The predicted octanol–water partition coefficient (Wildman–Crippen LogP) is 3.86. The van der Waals surface area contributed by atoms with Crippen LogP contribution in [-0.4, -0.2) is 36.5 Å². The summed E-state index contributed by atoms with van der Waals surface area (Å²) in [5.41, 5.74) is 1.08. The Labute approximate surface area is 151 Å². The van der Waals surface area contributed by atoms with E-state index in [9.17, 15) is 9.59 Å². The first-order chi connectivity index (χ1) is 12.2. The Morgan fingerprint density at radius 3 is 2.56 bits per heavy atom. The number of benzene rings is 1. The third-order valence-electron chi connectivity index (χ3n) is 4.28. The Morgan fingerprint density at radius 1 is 1.12 bits per heavy atom. The zero-order valence-electron chi connectivity index (χ0n) is 14.0. The zero-order chi connectivity index (χ0) is 17.5. The van der Waals surface area contributed by atoms with E-state index in [4.69, 9.17) is 4.74 Å². The summed E-state index contributed by atoms with van der Waals surface area (Å²) < 4.78 is 5.34. The first kappa shape index (κ1) is 17.4. The van der Waals surface area contributed by atoms with Crippen molar-refractivity contribution >= 4 is 29.3 Å². The predicted molar refractivity (Wildman–Crippen MR) is 99.4 cm³/mol. The number of amides is 1. The van der Waals surface area contributed by atoms with Crippen LogP contribution in [0.15, 0.2) is 53.9 Å². The summed E-state index contributed by atoms with van der Waals surface area (Å²) in [7, 11) is 0. The molecule has 3 rings (SSSR count). The largest absolute Gasteiger partial charge is 0.461 e. The van der Waals surface area contributed by atoms with Gasteiger partial charge in [0.25, 0.3) is 5.91 Å². The van der Waals surface area contributed by atoms with E-state index in [1.165, 1.54) is 11.3 Å². The van der Waals surface area contributed by atoms with E-state index in [0.29, 0.717) is 25.9 Å². The average molecular weight is 355 g/mol. The summed E-state index contributed by atoms with van der Waals surface area (Å²) in [4.78, 5) is 27.0. The summed E-state index contributed by atoms with van der Waals surface area (Å²) >= 11 is 1.45. The molecule has 1 aliphatic rings. The highest BCUT2D eigenvalue weighted by Gasteiger charge is 2.28. The Morgan fingerprint density at radius 2 is 1.88 bits per heavy atom. The van der Waals surface area contributed by atoms with E-state index in [2.05, 4.69) is 0 Å². The Bertz CT molecular complexity index is 717. The number of thiophene rings is 1. The molecule has 1 saturated heterocycles. The molecule has 1 aromatic carbocycles. The molecule has 0 spiro atoms. The standard InChI is InChI=1S/C20H21NO3S/c22-19(18-9-5-15-25-18)21-12-10-17(11-13-21)20(23)24-14-4-8-16-6-2-1-3-7-16/h1-9,15,17H,10-14H2/b8-4+. The van der Waals surface area contributed by atoms with E-state index in [1.54, 1.807) is 0 Å². The Balaban J connectivity index is 1.41. The highest BCUT2D eigenvalue weighted by atomic mass is 32.1. The summed E-state index contributed by atoms with van der Waals surface area (Å²) in [6, 6.07) is 13.6. The second kappa shape index (κ2) is 8.62. The van der Waals surface area contributed by atoms with Crippen molar-refractivity contribution in [3.63, 3.8) is 0 Å². The lowest BCUT2D eigenvalue weighted by atomic mass is 9.97. The Kier molecular flexibility index (Phi) is 6.01. The van der Waals surface area contributed by atoms with Crippen LogP contribution in [0.25, 0.3) is 6.08 Å². The Hall–Kier alpha value is -2.40. The molecule has 130 valence electrons. The minimum absolute atomic E-state index is 0.0626. The van der Waals surface area contributed by atoms with Crippen molar-refractivity contribution < 1.29 is 14.3 Å². The lowest BCUT2D eigenvalue weighted by Gasteiger charge is -2.30. The molecule has 4 nitrogen and oxygen atoms in total. The molecule has 5 heteroatoms. The van der Waals surface area contributed by atoms with Gasteiger partial charge in [-0.05, 0) is 35.9 Å². The van der Waals surface area contributed by atoms with Crippen molar-refractivity contribution in [3.05, 3.63) is 64.4 Å². The molecule has 0 unspecified atom stereocenters. The minimum Gasteiger partial charge on any atom is -0.461 e. The molecule has 2 heterocycles. The number of carbonyl (C=O) groups is 2. The number of esters is 1. The topological polar surface area (TPSA) is 46.6 Å². The molecule has 0 N–H and O–H groups in total. The molecule has 1 aromatic heterocycles. The number of hydrogen-bond donors (Lipinski definition) is 0. The van der Waals surface area contributed by atoms with Crippen LogP contribution in [0.5, 0.6) is 0 Å². The molecule has 1 aliphatic heterocycles. The first-order valence-electron chi connectivity index (χ1n) is 8.45. The lowest BCUT2D eigenvalue weighted by molar-refractivity contribution is -0.148. The smallest absolute Gasteiger partial charge is 0.309 e. The van der Waals surface area contributed by atoms with Gasteiger partial charge in [0, 0.05) is 13.1 Å². The van der Waals surface area contributed by atoms with Crippen molar-refractivity contribution in [3.8, 4) is 0 Å². The van der Waals surface area contributed by atoms with Gasteiger partial charge in [0.2, 0.25) is 0 Å². The van der Waals surface area contributed by atoms with E-state index in [0.717, 1.165) is 10.4 Å². The van der Waals surface area contributed by atoms with Crippen LogP contribution in [0.3, 0.4) is 0 Å². The summed E-state index contributed by atoms with van der Waals surface area (Å²) in [6.07, 6.45) is 5.12. The van der Waals surface area contributed by atoms with Crippen molar-refractivity contribution in [2.45, 2.75) is 12.8 Å². The molecular weight excluding hydrogens is 334 g/mol. The maximum Gasteiger partial charge on any atom is 0.309 e. The van der Waals surface area contributed by atoms with E-state index < -0.39 is 0 Å². The number of carbonyl (C=O) groups excluding carboxylic acids is 2. The van der Waals surface area contributed by atoms with Crippen molar-refractivity contribution in [2.75, 3.05) is 19.7 Å². The summed E-state index contributed by atoms with van der Waals surface area (Å²) in [5.74, 6) is -0.217. The first-order valence-corrected chi connectivity index (χ1v) is 9.33. The molecule has 2 aromatic rings. The average Bonchev–Trinajstić information content (AvgIpc) is 3.20. The molecule has 25 heavy (non-hydrogen) atoms. The summed E-state index contributed by atoms with van der Waals surface area (Å²) in [6.45, 7) is 1.49. The van der Waals surface area contributed by atoms with Gasteiger partial charge in [-0.1, -0.05) is 42.5 Å². The molecule has 0 radical (unpaired) electrons. The van der Waals surface area contributed by atoms with E-state index >= 15 is 0 Å². The van der Waals surface area contributed by atoms with Crippen molar-refractivity contribution in [1.82, 2.24) is 4.90 Å². The SMILES string of the molecule is O=C(OC/C=C/c1ccccc1)C1CCN(C(=O)c2cccs2)CC1. The normalized spacial score (nSPS) is 15.4. The van der Waals surface area contributed by atoms with Gasteiger partial charge in [-0.15, -0.1) is 11.3 Å². The van der Waals surface area contributed by atoms with Gasteiger partial charge in [-0.25, -0.2) is 0 Å². The van der Waals surface area contributed by atoms with Gasteiger partial charge in [0.15, 0.2) is 0 Å². The lowest BCUT2D eigenvalue weighted by Crippen LogP contribution is -2.40. The second-order valence-electron chi connectivity index (χ2n) is 5.99. The highest BCUT2D eigenvalue weighted by Crippen LogP contribution is 2.21. The maximum atomic E-state index is 12.3. The van der Waals surface area contributed by atoms with Crippen LogP contribution >= 0.6 is 11.3 Å². The van der Waals surface area contributed by atoms with Crippen LogP contribution in [0.4, 0.5) is 0 Å². The number of nitrogens with zero attached hydrogens (tertiary/aromatic N) is 1. The maximum absolute atomic E-state index is 12.3. The number of hydrogen-bond acceptors (Lipinski definition) is 4. The van der Waals surface area contributed by atoms with Crippen molar-refractivity contribution in [2.24, 2.45) is 5.92 Å². The number of rotatable bonds is 5. The zero-order valence-corrected chi connectivity index (χ0v) is 14.8. The van der Waals surface area contributed by atoms with Gasteiger partial charge in [0.1, 0.15) is 6.61 Å². The fourth-order valence-electron chi connectivity index (χ4n) is 2.87. The number of piperidine rings is 1. The van der Waals surface area contributed by atoms with Crippen LogP contribution in [0.2, 0.25) is 0 Å². The molecular formula is C20H21NO3S. The van der Waals surface area contributed by atoms with Gasteiger partial charge >= 0.3 is 5.97 Å². The fraction of sp³-hybridized carbons (Fsp3) is 0.300. The van der Waals surface area contributed by atoms with Gasteiger partial charge in [0.05, 0.1) is 10.8 Å². The van der Waals surface area contributed by atoms with Crippen molar-refractivity contribution in [1.29, 1.82) is 0 Å². The van der Waals surface area contributed by atoms with E-state index in [1.807, 2.05) is 64.9 Å². The van der Waals surface area contributed by atoms with Crippen LogP contribution in [0.1, 0.15) is 28.1 Å². The third-order valence-corrected chi connectivity index (χ3v) is 5.14. The van der Waals surface area contributed by atoms with E-state index in [-0.39, 0.29) is 24.4 Å². The molecule has 0 bridgehead atoms. The number of likely N-dealkylation sites (tertiary alicyclic amines) is 1. The number of ether oxygens (including phenoxy) is 1. The third kappa shape index (κ3) is 4.79. The highest BCUT2D eigenvalue weighted by molar-refractivity contribution is 7.12. The second-order valence-corrected chi connectivity index (χ2v) is 6.93. The molecule has 0 saturated carbocycles. The minimum atomic E-state index is -0.166. The molecule has 1 amide bonds. The molecule has 1 fully saturated rings. The monoisotopic (exact) mass is 355 g/mol. The van der Waals surface area contributed by atoms with Gasteiger partial charge < -0.3 is 9.64 Å². The van der Waals surface area contributed by atoms with Gasteiger partial charge in [-0.2, -0.15) is 0 Å². The molecule has 0 aliphatic carbocycles. The van der Waals surface area contributed by atoms with Crippen LogP contribution in [0, 0.1) is 5.92 Å². The quantitative estimate of drug-likeness (QED) is 0.765. The van der Waals surface area contributed by atoms with Gasteiger partial charge in [-0.3, -0.25) is 9.59 Å². The molecule has 0 atom stereocenters. The summed E-state index contributed by atoms with van der Waals surface area (Å²) in [5, 5.41) is 1.90.